The van der Waals surface area contributed by atoms with Crippen LogP contribution in [0.1, 0.15) is 83.5 Å². The Bertz CT molecular complexity index is 707. The first kappa shape index (κ1) is 20.4. The van der Waals surface area contributed by atoms with Crippen molar-refractivity contribution in [1.29, 1.82) is 0 Å². The van der Waals surface area contributed by atoms with Crippen molar-refractivity contribution in [1.82, 2.24) is 25.5 Å². The quantitative estimate of drug-likeness (QED) is 0.783. The molecule has 1 fully saturated rings. The van der Waals surface area contributed by atoms with Crippen LogP contribution in [-0.2, 0) is 5.54 Å². The zero-order chi connectivity index (χ0) is 19.7. The van der Waals surface area contributed by atoms with E-state index in [0.717, 1.165) is 37.9 Å². The fourth-order valence-corrected chi connectivity index (χ4v) is 5.22. The highest BCUT2D eigenvalue weighted by atomic mass is 32.1. The first-order chi connectivity index (χ1) is 12.7. The minimum Gasteiger partial charge on any atom is -0.328 e. The molecule has 1 aliphatic rings. The lowest BCUT2D eigenvalue weighted by molar-refractivity contribution is 0.186. The standard InChI is InChI=1S/C20H34N6S/c1-19(2,3)13-20(4,5)26-18(23-24-25-26)17(16-7-6-12-27-16)22-15-10-8-14(21)9-11-15/h6-7,12,14-15,17,22H,8-11,13,21H2,1-5H3. The van der Waals surface area contributed by atoms with Gasteiger partial charge in [0.15, 0.2) is 5.82 Å². The molecule has 2 aromatic heterocycles. The molecule has 7 heteroatoms. The number of tetrazole rings is 1. The maximum Gasteiger partial charge on any atom is 0.174 e. The second kappa shape index (κ2) is 7.97. The van der Waals surface area contributed by atoms with Gasteiger partial charge in [-0.15, -0.1) is 16.4 Å². The highest BCUT2D eigenvalue weighted by molar-refractivity contribution is 7.10. The van der Waals surface area contributed by atoms with E-state index in [1.807, 2.05) is 4.68 Å². The van der Waals surface area contributed by atoms with Gasteiger partial charge in [-0.25, -0.2) is 4.68 Å². The molecule has 1 saturated carbocycles. The molecule has 1 unspecified atom stereocenters. The summed E-state index contributed by atoms with van der Waals surface area (Å²) in [6.07, 6.45) is 5.37. The van der Waals surface area contributed by atoms with Crippen LogP contribution in [-0.4, -0.2) is 32.3 Å². The number of aromatic nitrogens is 4. The van der Waals surface area contributed by atoms with E-state index in [0.29, 0.717) is 12.1 Å². The first-order valence-corrected chi connectivity index (χ1v) is 10.9. The van der Waals surface area contributed by atoms with Gasteiger partial charge in [0.25, 0.3) is 0 Å². The van der Waals surface area contributed by atoms with Crippen LogP contribution in [0.25, 0.3) is 0 Å². The molecular formula is C20H34N6S. The van der Waals surface area contributed by atoms with Gasteiger partial charge in [0.1, 0.15) is 6.04 Å². The van der Waals surface area contributed by atoms with E-state index in [1.165, 1.54) is 4.88 Å². The Morgan fingerprint density at radius 3 is 2.52 bits per heavy atom. The van der Waals surface area contributed by atoms with Gasteiger partial charge in [-0.05, 0) is 73.2 Å². The Kier molecular flexibility index (Phi) is 6.03. The van der Waals surface area contributed by atoms with Gasteiger partial charge in [-0.1, -0.05) is 26.8 Å². The van der Waals surface area contributed by atoms with E-state index in [1.54, 1.807) is 11.3 Å². The second-order valence-electron chi connectivity index (χ2n) is 9.73. The minimum atomic E-state index is -0.164. The van der Waals surface area contributed by atoms with Crippen LogP contribution in [0.5, 0.6) is 0 Å². The molecule has 0 bridgehead atoms. The summed E-state index contributed by atoms with van der Waals surface area (Å²) in [6.45, 7) is 11.2. The summed E-state index contributed by atoms with van der Waals surface area (Å²) < 4.78 is 2.03. The fraction of sp³-hybridized carbons (Fsp3) is 0.750. The van der Waals surface area contributed by atoms with Crippen LogP contribution >= 0.6 is 11.3 Å². The van der Waals surface area contributed by atoms with Crippen molar-refractivity contribution < 1.29 is 0 Å². The van der Waals surface area contributed by atoms with E-state index >= 15 is 0 Å². The Morgan fingerprint density at radius 2 is 1.93 bits per heavy atom. The molecule has 3 rings (SSSR count). The van der Waals surface area contributed by atoms with Gasteiger partial charge in [-0.2, -0.15) is 0 Å². The lowest BCUT2D eigenvalue weighted by atomic mass is 9.81. The third kappa shape index (κ3) is 5.15. The molecule has 27 heavy (non-hydrogen) atoms. The molecule has 150 valence electrons. The van der Waals surface area contributed by atoms with Crippen molar-refractivity contribution in [2.24, 2.45) is 11.1 Å². The van der Waals surface area contributed by atoms with Gasteiger partial charge in [-0.3, -0.25) is 0 Å². The topological polar surface area (TPSA) is 81.7 Å². The highest BCUT2D eigenvalue weighted by Crippen LogP contribution is 2.35. The predicted octanol–water partition coefficient (Wildman–Crippen LogP) is 3.85. The van der Waals surface area contributed by atoms with Crippen molar-refractivity contribution in [3.8, 4) is 0 Å². The summed E-state index contributed by atoms with van der Waals surface area (Å²) in [7, 11) is 0. The van der Waals surface area contributed by atoms with E-state index < -0.39 is 0 Å². The van der Waals surface area contributed by atoms with E-state index in [2.05, 4.69) is 73.0 Å². The van der Waals surface area contributed by atoms with Crippen molar-refractivity contribution in [3.63, 3.8) is 0 Å². The number of thiophene rings is 1. The number of nitrogens with two attached hydrogens (primary N) is 1. The molecule has 0 spiro atoms. The van der Waals surface area contributed by atoms with Gasteiger partial charge in [0.05, 0.1) is 5.54 Å². The van der Waals surface area contributed by atoms with Gasteiger partial charge in [0, 0.05) is 17.0 Å². The number of hydrogen-bond acceptors (Lipinski definition) is 6. The maximum atomic E-state index is 6.09. The number of nitrogens with zero attached hydrogens (tertiary/aromatic N) is 4. The molecule has 0 saturated heterocycles. The van der Waals surface area contributed by atoms with Gasteiger partial charge >= 0.3 is 0 Å². The highest BCUT2D eigenvalue weighted by Gasteiger charge is 2.34. The van der Waals surface area contributed by atoms with Crippen LogP contribution in [0.4, 0.5) is 0 Å². The summed E-state index contributed by atoms with van der Waals surface area (Å²) in [4.78, 5) is 1.26. The fourth-order valence-electron chi connectivity index (χ4n) is 4.44. The lowest BCUT2D eigenvalue weighted by Crippen LogP contribution is -2.42. The Morgan fingerprint density at radius 1 is 1.22 bits per heavy atom. The van der Waals surface area contributed by atoms with Gasteiger partial charge < -0.3 is 11.1 Å². The summed E-state index contributed by atoms with van der Waals surface area (Å²) >= 11 is 1.75. The summed E-state index contributed by atoms with van der Waals surface area (Å²) in [5, 5.41) is 18.9. The third-order valence-corrected chi connectivity index (χ3v) is 6.23. The van der Waals surface area contributed by atoms with Crippen LogP contribution in [0.3, 0.4) is 0 Å². The average Bonchev–Trinajstić information content (AvgIpc) is 3.24. The van der Waals surface area contributed by atoms with E-state index in [9.17, 15) is 0 Å². The lowest BCUT2D eigenvalue weighted by Gasteiger charge is -2.35. The summed E-state index contributed by atoms with van der Waals surface area (Å²) in [5.74, 6) is 0.904. The Balaban J connectivity index is 1.89. The van der Waals surface area contributed by atoms with Crippen LogP contribution in [0, 0.1) is 5.41 Å². The zero-order valence-corrected chi connectivity index (χ0v) is 18.1. The van der Waals surface area contributed by atoms with Crippen molar-refractivity contribution in [3.05, 3.63) is 28.2 Å². The monoisotopic (exact) mass is 390 g/mol. The average molecular weight is 391 g/mol. The third-order valence-electron chi connectivity index (χ3n) is 5.29. The minimum absolute atomic E-state index is 0.0126. The zero-order valence-electron chi connectivity index (χ0n) is 17.3. The molecule has 1 aliphatic carbocycles. The van der Waals surface area contributed by atoms with Crippen LogP contribution < -0.4 is 11.1 Å². The van der Waals surface area contributed by atoms with Crippen LogP contribution in [0.15, 0.2) is 17.5 Å². The second-order valence-corrected chi connectivity index (χ2v) is 10.7. The predicted molar refractivity (Wildman–Crippen MR) is 111 cm³/mol. The molecular weight excluding hydrogens is 356 g/mol. The van der Waals surface area contributed by atoms with Crippen molar-refractivity contribution >= 4 is 11.3 Å². The Hall–Kier alpha value is -1.31. The van der Waals surface area contributed by atoms with Crippen molar-refractivity contribution in [2.45, 2.75) is 90.4 Å². The first-order valence-electron chi connectivity index (χ1n) is 9.99. The summed E-state index contributed by atoms with van der Waals surface area (Å²) in [5.41, 5.74) is 6.12. The van der Waals surface area contributed by atoms with E-state index in [4.69, 9.17) is 5.73 Å². The molecule has 0 aromatic carbocycles. The van der Waals surface area contributed by atoms with Gasteiger partial charge in [0.2, 0.25) is 0 Å². The normalized spacial score (nSPS) is 22.7. The Labute approximate surface area is 166 Å². The summed E-state index contributed by atoms with van der Waals surface area (Å²) in [6, 6.07) is 5.08. The maximum absolute atomic E-state index is 6.09. The van der Waals surface area contributed by atoms with Crippen molar-refractivity contribution in [2.75, 3.05) is 0 Å². The number of nitrogens with one attached hydrogen (secondary N) is 1. The SMILES string of the molecule is CC(C)(C)CC(C)(C)n1nnnc1C(NC1CCC(N)CC1)c1cccs1. The largest absolute Gasteiger partial charge is 0.328 e. The molecule has 1 atom stereocenters. The molecule has 6 nitrogen and oxygen atoms in total. The smallest absolute Gasteiger partial charge is 0.174 e. The van der Waals surface area contributed by atoms with E-state index in [-0.39, 0.29) is 17.0 Å². The molecule has 0 amide bonds. The molecule has 0 aliphatic heterocycles. The number of rotatable bonds is 6. The number of hydrogen-bond donors (Lipinski definition) is 2. The molecule has 2 aromatic rings. The van der Waals surface area contributed by atoms with Crippen LogP contribution in [0.2, 0.25) is 0 Å². The molecule has 0 radical (unpaired) electrons. The molecule has 3 N–H and O–H groups in total. The molecule has 2 heterocycles.